The summed E-state index contributed by atoms with van der Waals surface area (Å²) in [6.45, 7) is 11.6. The predicted molar refractivity (Wildman–Crippen MR) is 231 cm³/mol. The summed E-state index contributed by atoms with van der Waals surface area (Å²) in [6, 6.07) is 20.3. The number of primary amides is 1. The number of nitrogens with zero attached hydrogens (tertiary/aromatic N) is 4. The molecule has 322 valence electrons. The molecule has 1 atom stereocenters. The molecule has 0 saturated carbocycles. The predicted octanol–water partition coefficient (Wildman–Crippen LogP) is 6.05. The third-order valence-corrected chi connectivity index (χ3v) is 11.6. The van der Waals surface area contributed by atoms with E-state index in [2.05, 4.69) is 9.80 Å². The number of methoxy groups -OCH3 is 1. The molecule has 1 aromatic heterocycles. The molecule has 2 heterocycles. The molecular weight excluding hydrogens is 786 g/mol. The van der Waals surface area contributed by atoms with Crippen molar-refractivity contribution < 1.29 is 42.7 Å². The van der Waals surface area contributed by atoms with Gasteiger partial charge in [-0.2, -0.15) is 0 Å². The van der Waals surface area contributed by atoms with Crippen molar-refractivity contribution in [3.63, 3.8) is 0 Å². The number of carbonyl (C=O) groups is 5. The van der Waals surface area contributed by atoms with E-state index < -0.39 is 17.9 Å². The quantitative estimate of drug-likeness (QED) is 0.0597. The number of hydrogen-bond donors (Lipinski definition) is 1. The summed E-state index contributed by atoms with van der Waals surface area (Å²) < 4.78 is 18.5. The largest absolute Gasteiger partial charge is 0.497 e. The average molecular weight is 845 g/mol. The van der Waals surface area contributed by atoms with Gasteiger partial charge in [-0.05, 0) is 86.3 Å². The topological polar surface area (TPSA) is 150 Å². The van der Waals surface area contributed by atoms with Crippen LogP contribution in [0.2, 0.25) is 5.02 Å². The Balaban J connectivity index is 1.10. The van der Waals surface area contributed by atoms with E-state index in [1.54, 1.807) is 54.1 Å². The molecule has 0 unspecified atom stereocenters. The maximum absolute atomic E-state index is 14.1. The van der Waals surface area contributed by atoms with Crippen molar-refractivity contribution in [1.82, 2.24) is 14.4 Å². The molecule has 1 aliphatic heterocycles. The van der Waals surface area contributed by atoms with Gasteiger partial charge in [0.2, 0.25) is 5.91 Å². The summed E-state index contributed by atoms with van der Waals surface area (Å²) >= 11 is 6.06. The Hall–Kier alpha value is -5.08. The molecule has 1 saturated heterocycles. The Morgan fingerprint density at radius 1 is 0.817 bits per heavy atom. The Kier molecular flexibility index (Phi) is 16.8. The smallest absolute Gasteiger partial charge is 0.365 e. The normalized spacial score (nSPS) is 14.2. The number of ether oxygens (including phenoxy) is 3. The first-order chi connectivity index (χ1) is 28.9. The van der Waals surface area contributed by atoms with Crippen molar-refractivity contribution in [2.45, 2.75) is 65.3 Å². The zero-order valence-corrected chi connectivity index (χ0v) is 36.1. The molecule has 0 radical (unpaired) electrons. The number of halogens is 1. The number of benzene rings is 3. The molecule has 13 nitrogen and oxygen atoms in total. The number of carbonyl (C=O) groups excluding carboxylic acids is 5. The number of amides is 2. The molecule has 0 spiro atoms. The van der Waals surface area contributed by atoms with E-state index in [4.69, 9.17) is 31.5 Å². The maximum Gasteiger partial charge on any atom is 0.365 e. The van der Waals surface area contributed by atoms with Crippen LogP contribution in [-0.4, -0.2) is 127 Å². The zero-order valence-electron chi connectivity index (χ0n) is 35.3. The van der Waals surface area contributed by atoms with Gasteiger partial charge in [0.15, 0.2) is 6.04 Å². The number of fused-ring (bicyclic) bond motifs is 1. The van der Waals surface area contributed by atoms with E-state index in [0.717, 1.165) is 38.1 Å². The minimum Gasteiger partial charge on any atom is -0.497 e. The Bertz CT molecular complexity index is 2090. The van der Waals surface area contributed by atoms with Crippen molar-refractivity contribution in [2.24, 2.45) is 5.73 Å². The van der Waals surface area contributed by atoms with Crippen LogP contribution in [0.15, 0.2) is 72.8 Å². The van der Waals surface area contributed by atoms with Gasteiger partial charge in [-0.15, -0.1) is 0 Å². The number of rotatable bonds is 21. The number of nitrogens with two attached hydrogens (primary N) is 1. The molecule has 5 rings (SSSR count). The van der Waals surface area contributed by atoms with Crippen LogP contribution >= 0.6 is 11.6 Å². The molecule has 3 aromatic carbocycles. The monoisotopic (exact) mass is 844 g/mol. The summed E-state index contributed by atoms with van der Waals surface area (Å²) in [7, 11) is 1.57. The second-order valence-electron chi connectivity index (χ2n) is 15.4. The van der Waals surface area contributed by atoms with Gasteiger partial charge in [-0.3, -0.25) is 23.9 Å². The van der Waals surface area contributed by atoms with Crippen LogP contribution in [0.25, 0.3) is 10.9 Å². The first-order valence-electron chi connectivity index (χ1n) is 20.9. The lowest BCUT2D eigenvalue weighted by atomic mass is 10.0. The molecule has 1 fully saturated rings. The average Bonchev–Trinajstić information content (AvgIpc) is 3.52. The first-order valence-corrected chi connectivity index (χ1v) is 21.3. The first kappa shape index (κ1) is 46.0. The van der Waals surface area contributed by atoms with Gasteiger partial charge < -0.3 is 24.8 Å². The number of aromatic nitrogens is 1. The molecule has 14 heteroatoms. The van der Waals surface area contributed by atoms with Crippen LogP contribution in [0, 0.1) is 6.92 Å². The Morgan fingerprint density at radius 2 is 1.47 bits per heavy atom. The Labute approximate surface area is 357 Å². The van der Waals surface area contributed by atoms with E-state index in [1.807, 2.05) is 51.1 Å². The van der Waals surface area contributed by atoms with E-state index in [-0.39, 0.29) is 54.7 Å². The molecule has 0 aliphatic carbocycles. The Morgan fingerprint density at radius 3 is 2.08 bits per heavy atom. The van der Waals surface area contributed by atoms with Crippen LogP contribution in [0.5, 0.6) is 5.75 Å². The van der Waals surface area contributed by atoms with Crippen LogP contribution in [-0.2, 0) is 30.3 Å². The number of quaternary nitrogens is 1. The van der Waals surface area contributed by atoms with Gasteiger partial charge in [0, 0.05) is 73.8 Å². The molecule has 1 aliphatic rings. The minimum absolute atomic E-state index is 0.00117. The fourth-order valence-electron chi connectivity index (χ4n) is 8.32. The standard InChI is InChI=1S/C46H58ClN5O8/c1-5-27-52(28-6-2,45(56)35-11-8-7-9-12-35)41(19-20-42(48)53)46(57)60-29-10-21-49-22-24-50(25-23-49)26-30-59-43(54)32-38-33(3)51(40-18-17-37(58-4)31-39(38)40)44(55)34-13-15-36(47)16-14-34/h7-9,11-18,31,41H,5-6,10,19-30,32H2,1-4H3,(H-,48,53)/p+1/t41-/m0/s1. The van der Waals surface area contributed by atoms with E-state index >= 15 is 0 Å². The van der Waals surface area contributed by atoms with Crippen LogP contribution in [0.4, 0.5) is 0 Å². The second kappa shape index (κ2) is 22.0. The van der Waals surface area contributed by atoms with Gasteiger partial charge >= 0.3 is 17.8 Å². The van der Waals surface area contributed by atoms with E-state index in [0.29, 0.717) is 77.6 Å². The summed E-state index contributed by atoms with van der Waals surface area (Å²) in [4.78, 5) is 71.2. The van der Waals surface area contributed by atoms with E-state index in [1.165, 1.54) is 0 Å². The highest BCUT2D eigenvalue weighted by Gasteiger charge is 2.48. The molecular formula is C46H59ClN5O8+. The fraction of sp³-hybridized carbons (Fsp3) is 0.457. The summed E-state index contributed by atoms with van der Waals surface area (Å²) in [6.07, 6.45) is 2.08. The molecule has 4 aromatic rings. The molecule has 2 amide bonds. The zero-order chi connectivity index (χ0) is 43.2. The van der Waals surface area contributed by atoms with Gasteiger partial charge in [-0.25, -0.2) is 14.1 Å². The highest BCUT2D eigenvalue weighted by atomic mass is 35.5. The SMILES string of the molecule is CCC[N+](CCC)(C(=O)c1ccccc1)[C@@H](CCC(N)=O)C(=O)OCCCN1CCN(CCOC(=O)Cc2c(C)n(C(=O)c3ccc(Cl)cc3)c3ccc(OC)cc23)CC1. The van der Waals surface area contributed by atoms with Crippen LogP contribution < -0.4 is 10.5 Å². The third-order valence-electron chi connectivity index (χ3n) is 11.4. The van der Waals surface area contributed by atoms with Crippen molar-refractivity contribution in [3.05, 3.63) is 100 Å². The van der Waals surface area contributed by atoms with Gasteiger partial charge in [0.25, 0.3) is 5.91 Å². The van der Waals surface area contributed by atoms with Crippen molar-refractivity contribution >= 4 is 52.2 Å². The lowest BCUT2D eigenvalue weighted by molar-refractivity contribution is -0.866. The van der Waals surface area contributed by atoms with Crippen LogP contribution in [0.3, 0.4) is 0 Å². The summed E-state index contributed by atoms with van der Waals surface area (Å²) in [5.74, 6) is -1.14. The highest BCUT2D eigenvalue weighted by molar-refractivity contribution is 6.30. The third kappa shape index (κ3) is 11.4. The number of esters is 2. The van der Waals surface area contributed by atoms with Crippen LogP contribution in [0.1, 0.15) is 77.9 Å². The van der Waals surface area contributed by atoms with Crippen molar-refractivity contribution in [3.8, 4) is 5.75 Å². The molecule has 0 bridgehead atoms. The van der Waals surface area contributed by atoms with Gasteiger partial charge in [0.05, 0.1) is 44.3 Å². The highest BCUT2D eigenvalue weighted by Crippen LogP contribution is 2.31. The van der Waals surface area contributed by atoms with Gasteiger partial charge in [0.1, 0.15) is 12.4 Å². The van der Waals surface area contributed by atoms with Gasteiger partial charge in [-0.1, -0.05) is 43.6 Å². The van der Waals surface area contributed by atoms with E-state index in [9.17, 15) is 24.0 Å². The van der Waals surface area contributed by atoms with Crippen molar-refractivity contribution in [2.75, 3.05) is 72.7 Å². The molecule has 60 heavy (non-hydrogen) atoms. The second-order valence-corrected chi connectivity index (χ2v) is 15.8. The summed E-state index contributed by atoms with van der Waals surface area (Å²) in [5, 5.41) is 1.28. The lowest BCUT2D eigenvalue weighted by Gasteiger charge is -2.41. The van der Waals surface area contributed by atoms with Crippen molar-refractivity contribution in [1.29, 1.82) is 0 Å². The minimum atomic E-state index is -0.847. The number of hydrogen-bond acceptors (Lipinski definition) is 10. The maximum atomic E-state index is 14.1. The lowest BCUT2D eigenvalue weighted by Crippen LogP contribution is -2.63. The molecule has 2 N–H and O–H groups in total. The summed E-state index contributed by atoms with van der Waals surface area (Å²) in [5.41, 5.74) is 8.56. The fourth-order valence-corrected chi connectivity index (χ4v) is 8.45. The number of piperazine rings is 1.